The number of carbonyl (C=O) groups is 6. The minimum atomic E-state index is -1.02. The summed E-state index contributed by atoms with van der Waals surface area (Å²) in [6.07, 6.45) is 2.45. The molecule has 1 heterocycles. The number of cyclic esters (lactones) is 1. The van der Waals surface area contributed by atoms with E-state index in [0.29, 0.717) is 19.3 Å². The Hall–Kier alpha value is -3.18. The van der Waals surface area contributed by atoms with Gasteiger partial charge >= 0.3 is 5.97 Å². The highest BCUT2D eigenvalue weighted by molar-refractivity contribution is 5.95. The van der Waals surface area contributed by atoms with Crippen LogP contribution in [0.25, 0.3) is 0 Å². The van der Waals surface area contributed by atoms with Crippen LogP contribution in [0.4, 0.5) is 0 Å². The fourth-order valence-electron chi connectivity index (χ4n) is 4.46. The van der Waals surface area contributed by atoms with Gasteiger partial charge in [-0.25, -0.2) is 4.79 Å². The first-order valence-electron chi connectivity index (χ1n) is 14.9. The van der Waals surface area contributed by atoms with Crippen LogP contribution in [-0.2, 0) is 33.5 Å². The molecule has 0 radical (unpaired) electrons. The molecule has 0 aromatic rings. The Balaban J connectivity index is 3.37. The summed E-state index contributed by atoms with van der Waals surface area (Å²) >= 11 is 0. The summed E-state index contributed by atoms with van der Waals surface area (Å²) in [5.41, 5.74) is 0. The van der Waals surface area contributed by atoms with Crippen LogP contribution in [0.1, 0.15) is 93.9 Å². The topological polar surface area (TPSA) is 172 Å². The van der Waals surface area contributed by atoms with Crippen molar-refractivity contribution in [3.63, 3.8) is 0 Å². The predicted octanol–water partition coefficient (Wildman–Crippen LogP) is 1.32. The number of ether oxygens (including phenoxy) is 1. The molecule has 0 spiro atoms. The molecular formula is C29H51N5O7. The van der Waals surface area contributed by atoms with E-state index in [1.807, 2.05) is 20.8 Å². The van der Waals surface area contributed by atoms with Crippen molar-refractivity contribution in [2.24, 2.45) is 17.8 Å². The van der Waals surface area contributed by atoms with Crippen molar-refractivity contribution in [2.75, 3.05) is 6.54 Å². The first-order chi connectivity index (χ1) is 19.2. The van der Waals surface area contributed by atoms with Crippen molar-refractivity contribution in [1.29, 1.82) is 0 Å². The average Bonchev–Trinajstić information content (AvgIpc) is 2.90. The van der Waals surface area contributed by atoms with Gasteiger partial charge in [0.1, 0.15) is 30.3 Å². The van der Waals surface area contributed by atoms with Crippen molar-refractivity contribution in [1.82, 2.24) is 26.6 Å². The summed E-state index contributed by atoms with van der Waals surface area (Å²) in [5.74, 6) is -4.24. The highest BCUT2D eigenvalue weighted by Gasteiger charge is 2.34. The van der Waals surface area contributed by atoms with Crippen LogP contribution in [0.5, 0.6) is 0 Å². The molecule has 0 saturated carbocycles. The number of rotatable bonds is 8. The standard InChI is InChI=1S/C29H51N5O7/c1-9-11-13-18(7)21-14-22(35)30-15-23(36)33-24(16(3)4)28(39)32-20(12-10-2)27(38)31-19(8)26(37)34-25(17(5)6)29(40)41-21/h16-21,24-25H,9-15H2,1-8H3,(H,30,35)(H,31,38)(H,32,39)(H,33,36)(H,34,37). The zero-order valence-corrected chi connectivity index (χ0v) is 25.9. The van der Waals surface area contributed by atoms with E-state index in [4.69, 9.17) is 4.74 Å². The van der Waals surface area contributed by atoms with Gasteiger partial charge in [0, 0.05) is 0 Å². The Labute approximate surface area is 244 Å². The lowest BCUT2D eigenvalue weighted by molar-refractivity contribution is -0.158. The Kier molecular flexibility index (Phi) is 15.4. The van der Waals surface area contributed by atoms with Crippen molar-refractivity contribution in [3.05, 3.63) is 0 Å². The van der Waals surface area contributed by atoms with Gasteiger partial charge in [0.15, 0.2) is 0 Å². The van der Waals surface area contributed by atoms with E-state index in [1.54, 1.807) is 27.7 Å². The molecule has 1 saturated heterocycles. The number of amides is 5. The molecule has 0 aliphatic carbocycles. The Morgan fingerprint density at radius 2 is 1.39 bits per heavy atom. The van der Waals surface area contributed by atoms with Crippen LogP contribution in [0, 0.1) is 17.8 Å². The smallest absolute Gasteiger partial charge is 0.329 e. The lowest BCUT2D eigenvalue weighted by atomic mass is 9.95. The third-order valence-corrected chi connectivity index (χ3v) is 7.19. The molecule has 1 rings (SSSR count). The Morgan fingerprint density at radius 1 is 0.756 bits per heavy atom. The Bertz CT molecular complexity index is 923. The molecule has 6 atom stereocenters. The van der Waals surface area contributed by atoms with E-state index in [0.717, 1.165) is 12.8 Å². The van der Waals surface area contributed by atoms with Gasteiger partial charge < -0.3 is 31.3 Å². The quantitative estimate of drug-likeness (QED) is 0.269. The summed E-state index contributed by atoms with van der Waals surface area (Å²) in [7, 11) is 0. The minimum absolute atomic E-state index is 0.154. The summed E-state index contributed by atoms with van der Waals surface area (Å²) in [4.78, 5) is 78.0. The van der Waals surface area contributed by atoms with Gasteiger partial charge in [0.05, 0.1) is 13.0 Å². The van der Waals surface area contributed by atoms with E-state index in [9.17, 15) is 28.8 Å². The van der Waals surface area contributed by atoms with Crippen LogP contribution in [0.2, 0.25) is 0 Å². The zero-order chi connectivity index (χ0) is 31.3. The first-order valence-corrected chi connectivity index (χ1v) is 14.9. The maximum absolute atomic E-state index is 13.3. The number of unbranched alkanes of at least 4 members (excludes halogenated alkanes) is 1. The summed E-state index contributed by atoms with van der Waals surface area (Å²) in [6.45, 7) is 13.9. The number of hydrogen-bond acceptors (Lipinski definition) is 7. The Morgan fingerprint density at radius 3 is 1.95 bits per heavy atom. The SMILES string of the molecule is CCCCC(C)C1CC(=O)NCC(=O)NC(C(C)C)C(=O)NC(CCC)C(=O)NC(C)C(=O)NC(C(C)C)C(=O)O1. The zero-order valence-electron chi connectivity index (χ0n) is 25.9. The van der Waals surface area contributed by atoms with Gasteiger partial charge in [-0.2, -0.15) is 0 Å². The van der Waals surface area contributed by atoms with E-state index >= 15 is 0 Å². The molecule has 1 aliphatic heterocycles. The van der Waals surface area contributed by atoms with Gasteiger partial charge in [-0.05, 0) is 37.5 Å². The van der Waals surface area contributed by atoms with Crippen LogP contribution < -0.4 is 26.6 Å². The minimum Gasteiger partial charge on any atom is -0.460 e. The molecule has 0 aromatic carbocycles. The second-order valence-corrected chi connectivity index (χ2v) is 11.7. The normalized spacial score (nSPS) is 26.9. The molecular weight excluding hydrogens is 530 g/mol. The molecule has 6 unspecified atom stereocenters. The predicted molar refractivity (Wildman–Crippen MR) is 154 cm³/mol. The highest BCUT2D eigenvalue weighted by Crippen LogP contribution is 2.20. The average molecular weight is 582 g/mol. The molecule has 5 N–H and O–H groups in total. The molecule has 1 fully saturated rings. The monoisotopic (exact) mass is 581 g/mol. The first kappa shape index (κ1) is 35.8. The van der Waals surface area contributed by atoms with Gasteiger partial charge in [-0.3, -0.25) is 24.0 Å². The summed E-state index contributed by atoms with van der Waals surface area (Å²) in [5, 5.41) is 13.2. The van der Waals surface area contributed by atoms with E-state index in [-0.39, 0.29) is 30.7 Å². The van der Waals surface area contributed by atoms with Crippen molar-refractivity contribution in [2.45, 2.75) is 124 Å². The van der Waals surface area contributed by atoms with E-state index in [1.165, 1.54) is 6.92 Å². The molecule has 12 nitrogen and oxygen atoms in total. The van der Waals surface area contributed by atoms with Gasteiger partial charge in [0.25, 0.3) is 0 Å². The molecule has 41 heavy (non-hydrogen) atoms. The molecule has 0 bridgehead atoms. The maximum Gasteiger partial charge on any atom is 0.329 e. The molecule has 234 valence electrons. The molecule has 12 heteroatoms. The molecule has 1 aliphatic rings. The fraction of sp³-hybridized carbons (Fsp3) is 0.793. The van der Waals surface area contributed by atoms with E-state index < -0.39 is 65.8 Å². The number of carbonyl (C=O) groups excluding carboxylic acids is 6. The van der Waals surface area contributed by atoms with Crippen molar-refractivity contribution >= 4 is 35.5 Å². The number of hydrogen-bond donors (Lipinski definition) is 5. The fourth-order valence-corrected chi connectivity index (χ4v) is 4.46. The molecule has 0 aromatic heterocycles. The van der Waals surface area contributed by atoms with Crippen molar-refractivity contribution < 1.29 is 33.5 Å². The second-order valence-electron chi connectivity index (χ2n) is 11.7. The van der Waals surface area contributed by atoms with Gasteiger partial charge in [-0.15, -0.1) is 0 Å². The highest BCUT2D eigenvalue weighted by atomic mass is 16.5. The van der Waals surface area contributed by atoms with Crippen LogP contribution in [0.3, 0.4) is 0 Å². The number of esters is 1. The van der Waals surface area contributed by atoms with Gasteiger partial charge in [-0.1, -0.05) is 67.7 Å². The number of nitrogens with one attached hydrogen (secondary N) is 5. The van der Waals surface area contributed by atoms with Crippen LogP contribution in [-0.4, -0.2) is 72.3 Å². The van der Waals surface area contributed by atoms with Crippen LogP contribution in [0.15, 0.2) is 0 Å². The summed E-state index contributed by atoms with van der Waals surface area (Å²) < 4.78 is 5.81. The van der Waals surface area contributed by atoms with E-state index in [2.05, 4.69) is 26.6 Å². The molecule has 5 amide bonds. The van der Waals surface area contributed by atoms with Crippen molar-refractivity contribution in [3.8, 4) is 0 Å². The lowest BCUT2D eigenvalue weighted by Crippen LogP contribution is -2.58. The second kappa shape index (κ2) is 17.6. The largest absolute Gasteiger partial charge is 0.460 e. The third kappa shape index (κ3) is 12.1. The maximum atomic E-state index is 13.3. The lowest BCUT2D eigenvalue weighted by Gasteiger charge is -2.29. The van der Waals surface area contributed by atoms with Gasteiger partial charge in [0.2, 0.25) is 29.5 Å². The summed E-state index contributed by atoms with van der Waals surface area (Å²) in [6, 6.07) is -3.93. The van der Waals surface area contributed by atoms with Crippen LogP contribution >= 0.6 is 0 Å². The third-order valence-electron chi connectivity index (χ3n) is 7.19.